The van der Waals surface area contributed by atoms with E-state index in [9.17, 15) is 13.2 Å². The minimum atomic E-state index is -4.47. The van der Waals surface area contributed by atoms with E-state index in [1.165, 1.54) is 0 Å². The van der Waals surface area contributed by atoms with Gasteiger partial charge in [-0.15, -0.1) is 0 Å². The van der Waals surface area contributed by atoms with Crippen LogP contribution in [-0.2, 0) is 17.5 Å². The quantitative estimate of drug-likeness (QED) is 0.825. The van der Waals surface area contributed by atoms with E-state index in [-0.39, 0.29) is 11.9 Å². The summed E-state index contributed by atoms with van der Waals surface area (Å²) in [5.74, 6) is 1.17. The van der Waals surface area contributed by atoms with Crippen LogP contribution >= 0.6 is 0 Å². The monoisotopic (exact) mass is 355 g/mol. The molecule has 1 saturated heterocycles. The molecule has 1 fully saturated rings. The van der Waals surface area contributed by atoms with Crippen molar-refractivity contribution in [3.05, 3.63) is 36.2 Å². The number of ether oxygens (including phenoxy) is 1. The van der Waals surface area contributed by atoms with Crippen LogP contribution in [0.3, 0.4) is 0 Å². The van der Waals surface area contributed by atoms with E-state index in [1.807, 2.05) is 10.8 Å². The SMILES string of the molecule is COCCn1ccnc1[C@@H]1CCCN(c2nccc(C(F)(F)F)n2)C1. The van der Waals surface area contributed by atoms with Gasteiger partial charge in [-0.05, 0) is 18.9 Å². The Morgan fingerprint density at radius 3 is 2.88 bits per heavy atom. The summed E-state index contributed by atoms with van der Waals surface area (Å²) in [5, 5.41) is 0. The second-order valence-corrected chi connectivity index (χ2v) is 6.00. The van der Waals surface area contributed by atoms with E-state index in [0.717, 1.165) is 30.9 Å². The number of hydrogen-bond acceptors (Lipinski definition) is 5. The maximum atomic E-state index is 12.9. The zero-order valence-corrected chi connectivity index (χ0v) is 13.9. The molecule has 25 heavy (non-hydrogen) atoms. The smallest absolute Gasteiger partial charge is 0.383 e. The minimum Gasteiger partial charge on any atom is -0.383 e. The van der Waals surface area contributed by atoms with Crippen LogP contribution in [0.1, 0.15) is 30.3 Å². The van der Waals surface area contributed by atoms with E-state index in [1.54, 1.807) is 18.2 Å². The van der Waals surface area contributed by atoms with E-state index < -0.39 is 11.9 Å². The standard InChI is InChI=1S/C16H20F3N5O/c1-25-10-9-23-8-6-20-14(23)12-3-2-7-24(11-12)15-21-5-4-13(22-15)16(17,18)19/h4-6,8,12H,2-3,7,9-11H2,1H3/t12-/m1/s1. The highest BCUT2D eigenvalue weighted by Crippen LogP contribution is 2.31. The van der Waals surface area contributed by atoms with Crippen molar-refractivity contribution in [3.8, 4) is 0 Å². The van der Waals surface area contributed by atoms with Crippen molar-refractivity contribution < 1.29 is 17.9 Å². The molecule has 0 aromatic carbocycles. The maximum absolute atomic E-state index is 12.9. The zero-order chi connectivity index (χ0) is 17.9. The summed E-state index contributed by atoms with van der Waals surface area (Å²) in [7, 11) is 1.64. The summed E-state index contributed by atoms with van der Waals surface area (Å²) in [6, 6.07) is 0.891. The van der Waals surface area contributed by atoms with Gasteiger partial charge in [0.15, 0.2) is 0 Å². The van der Waals surface area contributed by atoms with Crippen LogP contribution < -0.4 is 4.90 Å². The van der Waals surface area contributed by atoms with Crippen LogP contribution in [0.2, 0.25) is 0 Å². The average molecular weight is 355 g/mol. The Morgan fingerprint density at radius 1 is 1.28 bits per heavy atom. The Labute approximate surface area is 143 Å². The molecule has 3 heterocycles. The number of methoxy groups -OCH3 is 1. The first-order valence-electron chi connectivity index (χ1n) is 8.14. The third-order valence-electron chi connectivity index (χ3n) is 4.29. The van der Waals surface area contributed by atoms with Crippen molar-refractivity contribution in [3.63, 3.8) is 0 Å². The molecule has 0 radical (unpaired) electrons. The predicted molar refractivity (Wildman–Crippen MR) is 85.3 cm³/mol. The van der Waals surface area contributed by atoms with E-state index in [4.69, 9.17) is 4.74 Å². The predicted octanol–water partition coefficient (Wildman–Crippen LogP) is 2.72. The summed E-state index contributed by atoms with van der Waals surface area (Å²) in [6.45, 7) is 2.46. The molecule has 9 heteroatoms. The number of halogens is 3. The Morgan fingerprint density at radius 2 is 2.12 bits per heavy atom. The van der Waals surface area contributed by atoms with Crippen LogP contribution in [0.15, 0.2) is 24.7 Å². The highest BCUT2D eigenvalue weighted by Gasteiger charge is 2.34. The van der Waals surface area contributed by atoms with Crippen LogP contribution in [0, 0.1) is 0 Å². The van der Waals surface area contributed by atoms with Gasteiger partial charge in [-0.25, -0.2) is 15.0 Å². The molecular formula is C16H20F3N5O. The first kappa shape index (κ1) is 17.7. The molecule has 1 atom stereocenters. The molecule has 0 amide bonds. The number of rotatable bonds is 5. The third kappa shape index (κ3) is 4.09. The highest BCUT2D eigenvalue weighted by molar-refractivity contribution is 5.33. The lowest BCUT2D eigenvalue weighted by Gasteiger charge is -2.32. The van der Waals surface area contributed by atoms with Crippen LogP contribution in [0.4, 0.5) is 19.1 Å². The molecule has 0 unspecified atom stereocenters. The molecule has 3 rings (SSSR count). The van der Waals surface area contributed by atoms with E-state index >= 15 is 0 Å². The molecular weight excluding hydrogens is 335 g/mol. The van der Waals surface area contributed by atoms with Crippen molar-refractivity contribution in [2.75, 3.05) is 31.7 Å². The fourth-order valence-corrected chi connectivity index (χ4v) is 3.09. The Bertz CT molecular complexity index is 703. The average Bonchev–Trinajstić information content (AvgIpc) is 3.08. The normalized spacial score (nSPS) is 18.6. The lowest BCUT2D eigenvalue weighted by Crippen LogP contribution is -2.37. The number of imidazole rings is 1. The first-order chi connectivity index (χ1) is 12.0. The molecule has 1 aliphatic rings. The first-order valence-corrected chi connectivity index (χ1v) is 8.14. The number of alkyl halides is 3. The number of aromatic nitrogens is 4. The summed E-state index contributed by atoms with van der Waals surface area (Å²) >= 11 is 0. The minimum absolute atomic E-state index is 0.120. The van der Waals surface area contributed by atoms with Crippen molar-refractivity contribution in [1.29, 1.82) is 0 Å². The summed E-state index contributed by atoms with van der Waals surface area (Å²) in [6.07, 6.45) is 2.11. The largest absolute Gasteiger partial charge is 0.433 e. The molecule has 2 aromatic rings. The fourth-order valence-electron chi connectivity index (χ4n) is 3.09. The summed E-state index contributed by atoms with van der Waals surface area (Å²) in [5.41, 5.74) is -0.916. The molecule has 1 aliphatic heterocycles. The second kappa shape index (κ2) is 7.38. The van der Waals surface area contributed by atoms with E-state index in [0.29, 0.717) is 26.2 Å². The molecule has 0 N–H and O–H groups in total. The van der Waals surface area contributed by atoms with Crippen molar-refractivity contribution in [1.82, 2.24) is 19.5 Å². The van der Waals surface area contributed by atoms with Gasteiger partial charge in [0.25, 0.3) is 0 Å². The van der Waals surface area contributed by atoms with Gasteiger partial charge in [0.05, 0.1) is 6.61 Å². The third-order valence-corrected chi connectivity index (χ3v) is 4.29. The zero-order valence-electron chi connectivity index (χ0n) is 13.9. The number of piperidine rings is 1. The van der Waals surface area contributed by atoms with Crippen LogP contribution in [0.5, 0.6) is 0 Å². The van der Waals surface area contributed by atoms with Gasteiger partial charge < -0.3 is 14.2 Å². The van der Waals surface area contributed by atoms with Crippen molar-refractivity contribution in [2.24, 2.45) is 0 Å². The Balaban J connectivity index is 1.77. The van der Waals surface area contributed by atoms with Gasteiger partial charge in [-0.3, -0.25) is 0 Å². The second-order valence-electron chi connectivity index (χ2n) is 6.00. The Kier molecular flexibility index (Phi) is 5.22. The maximum Gasteiger partial charge on any atom is 0.433 e. The lowest BCUT2D eigenvalue weighted by molar-refractivity contribution is -0.141. The molecule has 0 bridgehead atoms. The molecule has 6 nitrogen and oxygen atoms in total. The van der Waals surface area contributed by atoms with Gasteiger partial charge in [0.2, 0.25) is 5.95 Å². The fraction of sp³-hybridized carbons (Fsp3) is 0.562. The van der Waals surface area contributed by atoms with Gasteiger partial charge in [-0.1, -0.05) is 0 Å². The van der Waals surface area contributed by atoms with Gasteiger partial charge in [0, 0.05) is 51.3 Å². The topological polar surface area (TPSA) is 56.1 Å². The van der Waals surface area contributed by atoms with Gasteiger partial charge in [-0.2, -0.15) is 13.2 Å². The summed E-state index contributed by atoms with van der Waals surface area (Å²) in [4.78, 5) is 14.0. The Hall–Kier alpha value is -2.16. The van der Waals surface area contributed by atoms with Crippen molar-refractivity contribution in [2.45, 2.75) is 31.5 Å². The summed E-state index contributed by atoms with van der Waals surface area (Å²) < 4.78 is 45.8. The lowest BCUT2D eigenvalue weighted by atomic mass is 9.97. The molecule has 2 aromatic heterocycles. The van der Waals surface area contributed by atoms with Crippen LogP contribution in [0.25, 0.3) is 0 Å². The highest BCUT2D eigenvalue weighted by atomic mass is 19.4. The number of hydrogen-bond donors (Lipinski definition) is 0. The van der Waals surface area contributed by atoms with E-state index in [2.05, 4.69) is 15.0 Å². The van der Waals surface area contributed by atoms with Crippen molar-refractivity contribution >= 4 is 5.95 Å². The van der Waals surface area contributed by atoms with Crippen LogP contribution in [-0.4, -0.2) is 46.3 Å². The molecule has 0 aliphatic carbocycles. The molecule has 0 saturated carbocycles. The van der Waals surface area contributed by atoms with Gasteiger partial charge in [0.1, 0.15) is 11.5 Å². The number of anilines is 1. The molecule has 0 spiro atoms. The molecule has 136 valence electrons. The number of nitrogens with zero attached hydrogens (tertiary/aromatic N) is 5. The van der Waals surface area contributed by atoms with Gasteiger partial charge >= 0.3 is 6.18 Å².